The minimum absolute atomic E-state index is 0. The lowest BCUT2D eigenvalue weighted by atomic mass is 10.4. The molecule has 31 heteroatoms. The molecule has 0 aromatic heterocycles. The smallest absolute Gasteiger partial charge is 0.330 e. The third-order valence-corrected chi connectivity index (χ3v) is 55.4. The third-order valence-electron chi connectivity index (χ3n) is 12.4. The Balaban J connectivity index is -0.0000000725. The summed E-state index contributed by atoms with van der Waals surface area (Å²) in [6.45, 7) is 72.5. The molecule has 0 aliphatic carbocycles. The van der Waals surface area contributed by atoms with E-state index in [-0.39, 0.29) is 115 Å². The number of carbonyl (C=O) groups is 2. The average molecular weight is 1730 g/mol. The molecule has 0 aromatic rings. The number of ether oxygens (including phenoxy) is 6. The van der Waals surface area contributed by atoms with Crippen molar-refractivity contribution in [2.45, 2.75) is 388 Å². The minimum atomic E-state index is -2.42. The summed E-state index contributed by atoms with van der Waals surface area (Å²) in [4.78, 5) is 21.8. The Kier molecular flexibility index (Phi) is 101. The van der Waals surface area contributed by atoms with Crippen molar-refractivity contribution in [3.63, 3.8) is 0 Å². The second-order valence-electron chi connectivity index (χ2n) is 30.9. The molecule has 1 heterocycles. The Morgan fingerprint density at radius 3 is 0.714 bits per heavy atom. The molecule has 0 bridgehead atoms. The van der Waals surface area contributed by atoms with Gasteiger partial charge in [0.1, 0.15) is 13.2 Å². The number of aliphatic hydroxyl groups is 2. The maximum absolute atomic E-state index is 11.0. The van der Waals surface area contributed by atoms with E-state index >= 15 is 0 Å². The predicted molar refractivity (Wildman–Crippen MR) is 498 cm³/mol. The summed E-state index contributed by atoms with van der Waals surface area (Å²) in [5, 5.41) is 16.4. The number of hydrogen-bond donors (Lipinski definition) is 2. The van der Waals surface area contributed by atoms with Crippen molar-refractivity contribution in [2.75, 3.05) is 79.3 Å². The first-order valence-electron chi connectivity index (χ1n) is 35.2. The van der Waals surface area contributed by atoms with Gasteiger partial charge in [-0.25, -0.2) is 4.79 Å². The SMILES string of the molecule is C.C.C.C.C.C.C.C.C.C.C.C.C1CCOC1.C=CC(=O)OCCOCCC[Si](C)(O[Si](C)(C)C)O[Si](C)(CCCC)O[Si](C)(C)C.CCCC[Si](C)(O[Si](C)(C)C)O[Si](C)(CCCOCCO)O[Si](C)(C)C.CCCC[Si](C)(O[Si](C)(C)C)O[Si](C)(CCCOCCOC(C)=O)O[Si](C)(C)C.CCO. The number of rotatable bonds is 48. The molecule has 105 heavy (non-hydrogen) atoms. The van der Waals surface area contributed by atoms with Gasteiger partial charge < -0.3 is 75.7 Å². The number of unbranched alkanes of at least 4 members (excludes halogenated alkanes) is 3. The van der Waals surface area contributed by atoms with Crippen molar-refractivity contribution in [3.05, 3.63) is 12.7 Å². The van der Waals surface area contributed by atoms with Crippen molar-refractivity contribution in [3.8, 4) is 0 Å². The zero-order valence-electron chi connectivity index (χ0n) is 65.6. The standard InChI is InChI=1S/C20H46O6Si4.C19H46O6Si4.C17H44O5Si4.C4H8O.C2H6O.12CH4/c1-11-13-18-29(9,24-27(3,4)5)26-30(10,25-28(6,7)8)19-14-15-22-16-17-23-20(21)12-2;1-11-12-17-28(9,23-26(3,4)5)25-29(10,24-27(6,7)8)18-13-14-21-15-16-22-19(2)20;1-10-11-16-25(8,20-23(2,3)4)22-26(9,21-24(5,6)7)17-12-14-19-15-13-18;1-2-4-5-3-1;1-2-3;;;;;;;;;;;;/h12H,2,11,13-19H2,1,3-10H3;11-18H2,1-10H3;18H,10-17H2,1-9H3;1-4H2;3H,2H2,1H3;12*1H4. The summed E-state index contributed by atoms with van der Waals surface area (Å²) in [5.74, 6) is -0.696. The monoisotopic (exact) mass is 1730 g/mol. The third kappa shape index (κ3) is 97.0. The molecule has 2 N–H and O–H groups in total. The average Bonchev–Trinajstić information content (AvgIpc) is 0.968. The number of aliphatic hydroxyl groups excluding tert-OH is 2. The molecule has 6 atom stereocenters. The van der Waals surface area contributed by atoms with Crippen molar-refractivity contribution < 1.29 is 85.3 Å². The second kappa shape index (κ2) is 73.6. The van der Waals surface area contributed by atoms with E-state index in [9.17, 15) is 9.59 Å². The summed E-state index contributed by atoms with van der Waals surface area (Å²) in [6, 6.07) is 5.72. The first kappa shape index (κ1) is 144. The van der Waals surface area contributed by atoms with Gasteiger partial charge in [-0.3, -0.25) is 4.79 Å². The highest BCUT2D eigenvalue weighted by Crippen LogP contribution is 2.34. The summed E-state index contributed by atoms with van der Waals surface area (Å²) in [5.41, 5.74) is 0. The van der Waals surface area contributed by atoms with Crippen LogP contribution in [0.4, 0.5) is 0 Å². The molecule has 1 saturated heterocycles. The van der Waals surface area contributed by atoms with Crippen LogP contribution in [0.1, 0.15) is 194 Å². The number of carbonyl (C=O) groups excluding carboxylic acids is 2. The lowest BCUT2D eigenvalue weighted by molar-refractivity contribution is -0.142. The fraction of sp³-hybridized carbons (Fsp3) is 0.946. The van der Waals surface area contributed by atoms with Crippen LogP contribution in [-0.4, -0.2) is 203 Å². The van der Waals surface area contributed by atoms with Gasteiger partial charge in [-0.05, 0) is 232 Å². The minimum Gasteiger partial charge on any atom is -0.463 e. The van der Waals surface area contributed by atoms with E-state index in [0.29, 0.717) is 46.2 Å². The maximum atomic E-state index is 11.0. The van der Waals surface area contributed by atoms with Gasteiger partial charge in [-0.15, -0.1) is 0 Å². The summed E-state index contributed by atoms with van der Waals surface area (Å²) < 4.78 is 92.2. The lowest BCUT2D eigenvalue weighted by Gasteiger charge is -2.43. The molecule has 1 aliphatic heterocycles. The van der Waals surface area contributed by atoms with Crippen LogP contribution in [0, 0.1) is 0 Å². The molecular weight excluding hydrogens is 1530 g/mol. The van der Waals surface area contributed by atoms with Gasteiger partial charge in [0, 0.05) is 52.6 Å². The summed E-state index contributed by atoms with van der Waals surface area (Å²) >= 11 is 0. The molecular formula is C74H198O19Si12. The topological polar surface area (TPSA) is 213 Å². The molecule has 0 spiro atoms. The molecule has 0 radical (unpaired) electrons. The molecule has 656 valence electrons. The van der Waals surface area contributed by atoms with E-state index in [4.69, 9.17) is 75.7 Å². The van der Waals surface area contributed by atoms with Gasteiger partial charge in [0.2, 0.25) is 0 Å². The van der Waals surface area contributed by atoms with Gasteiger partial charge in [0.15, 0.2) is 49.9 Å². The van der Waals surface area contributed by atoms with E-state index < -0.39 is 107 Å². The zero-order valence-corrected chi connectivity index (χ0v) is 77.6. The van der Waals surface area contributed by atoms with E-state index in [2.05, 4.69) is 184 Å². The zero-order chi connectivity index (χ0) is 73.0. The van der Waals surface area contributed by atoms with Gasteiger partial charge in [0.25, 0.3) is 0 Å². The summed E-state index contributed by atoms with van der Waals surface area (Å²) in [7, 11) is -24.5. The van der Waals surface area contributed by atoms with Crippen LogP contribution in [0.2, 0.25) is 193 Å². The Morgan fingerprint density at radius 1 is 0.333 bits per heavy atom. The van der Waals surface area contributed by atoms with E-state index in [0.717, 1.165) is 113 Å². The number of esters is 2. The molecule has 1 rings (SSSR count). The number of hydrogen-bond acceptors (Lipinski definition) is 19. The Bertz CT molecular complexity index is 1890. The van der Waals surface area contributed by atoms with Crippen molar-refractivity contribution in [1.29, 1.82) is 0 Å². The van der Waals surface area contributed by atoms with Crippen LogP contribution < -0.4 is 0 Å². The first-order valence-corrected chi connectivity index (χ1v) is 70.7. The highest BCUT2D eigenvalue weighted by Gasteiger charge is 2.49. The van der Waals surface area contributed by atoms with Gasteiger partial charge in [0.05, 0.1) is 26.4 Å². The normalized spacial score (nSPS) is 15.1. The Labute approximate surface area is 673 Å². The molecule has 0 aromatic carbocycles. The van der Waals surface area contributed by atoms with Gasteiger partial charge in [-0.1, -0.05) is 155 Å². The van der Waals surface area contributed by atoms with E-state index in [1.807, 2.05) is 0 Å². The largest absolute Gasteiger partial charge is 0.463 e. The molecule has 1 fully saturated rings. The van der Waals surface area contributed by atoms with Crippen molar-refractivity contribution in [1.82, 2.24) is 0 Å². The van der Waals surface area contributed by atoms with Crippen LogP contribution in [-0.2, 0) is 75.0 Å². The first-order chi connectivity index (χ1) is 42.4. The fourth-order valence-electron chi connectivity index (χ4n) is 10.4. The van der Waals surface area contributed by atoms with Crippen LogP contribution in [0.3, 0.4) is 0 Å². The summed E-state index contributed by atoms with van der Waals surface area (Å²) in [6.07, 6.45) is 13.2. The predicted octanol–water partition coefficient (Wildman–Crippen LogP) is 24.9. The molecule has 1 aliphatic rings. The Hall–Kier alpha value is 0.683. The highest BCUT2D eigenvalue weighted by molar-refractivity contribution is 6.92. The fourth-order valence-corrected chi connectivity index (χ4v) is 65.9. The van der Waals surface area contributed by atoms with E-state index in [1.54, 1.807) is 6.92 Å². The van der Waals surface area contributed by atoms with Gasteiger partial charge in [-0.2, -0.15) is 0 Å². The van der Waals surface area contributed by atoms with Crippen molar-refractivity contribution in [2.24, 2.45) is 0 Å². The maximum Gasteiger partial charge on any atom is 0.330 e. The van der Waals surface area contributed by atoms with Gasteiger partial charge >= 0.3 is 63.3 Å². The molecule has 19 nitrogen and oxygen atoms in total. The van der Waals surface area contributed by atoms with Crippen molar-refractivity contribution >= 4 is 113 Å². The molecule has 0 amide bonds. The Morgan fingerprint density at radius 2 is 0.543 bits per heavy atom. The molecule has 6 unspecified atom stereocenters. The quantitative estimate of drug-likeness (QED) is 0.0251. The van der Waals surface area contributed by atoms with Crippen LogP contribution >= 0.6 is 0 Å². The van der Waals surface area contributed by atoms with E-state index in [1.165, 1.54) is 19.8 Å². The van der Waals surface area contributed by atoms with Crippen LogP contribution in [0.5, 0.6) is 0 Å². The lowest BCUT2D eigenvalue weighted by Crippen LogP contribution is -2.58. The second-order valence-corrected chi connectivity index (χ2v) is 80.2. The van der Waals surface area contributed by atoms with Crippen LogP contribution in [0.15, 0.2) is 12.7 Å². The molecule has 0 saturated carbocycles. The van der Waals surface area contributed by atoms with Crippen LogP contribution in [0.25, 0.3) is 0 Å². The highest BCUT2D eigenvalue weighted by atomic mass is 28.5.